The third kappa shape index (κ3) is 5.63. The molecule has 298 valence electrons. The molecule has 0 N–H and O–H groups in total. The molecule has 1 fully saturated rings. The minimum Gasteiger partial charge on any atom is -0.310 e. The van der Waals surface area contributed by atoms with Gasteiger partial charge in [0.25, 0.3) is 0 Å². The van der Waals surface area contributed by atoms with E-state index in [1.807, 2.05) is 11.3 Å². The van der Waals surface area contributed by atoms with E-state index in [1.54, 1.807) is 5.56 Å². The van der Waals surface area contributed by atoms with Crippen LogP contribution in [0.25, 0.3) is 53.6 Å². The van der Waals surface area contributed by atoms with E-state index in [2.05, 4.69) is 193 Å². The van der Waals surface area contributed by atoms with Gasteiger partial charge in [-0.05, 0) is 110 Å². The summed E-state index contributed by atoms with van der Waals surface area (Å²) in [7, 11) is 0. The van der Waals surface area contributed by atoms with E-state index >= 15 is 0 Å². The molecule has 11 rings (SSSR count). The predicted octanol–water partition coefficient (Wildman–Crippen LogP) is 17.1. The fourth-order valence-corrected chi connectivity index (χ4v) is 12.7. The number of hydrogen-bond donors (Lipinski definition) is 0. The Morgan fingerprint density at radius 2 is 1.02 bits per heavy atom. The Labute approximate surface area is 360 Å². The molecule has 1 heterocycles. The number of thiophene rings is 1. The van der Waals surface area contributed by atoms with E-state index in [4.69, 9.17) is 0 Å². The molecule has 0 aliphatic heterocycles. The number of nitrogens with zero attached hydrogens (tertiary/aromatic N) is 1. The normalized spacial score (nSPS) is 16.4. The second-order valence-corrected chi connectivity index (χ2v) is 21.0. The van der Waals surface area contributed by atoms with Crippen molar-refractivity contribution in [2.24, 2.45) is 0 Å². The van der Waals surface area contributed by atoms with Crippen LogP contribution in [-0.2, 0) is 16.2 Å². The molecule has 7 aromatic carbocycles. The smallest absolute Gasteiger partial charge is 0.0540 e. The van der Waals surface area contributed by atoms with Crippen molar-refractivity contribution >= 4 is 48.6 Å². The largest absolute Gasteiger partial charge is 0.310 e. The van der Waals surface area contributed by atoms with Crippen LogP contribution in [0.2, 0.25) is 0 Å². The van der Waals surface area contributed by atoms with Crippen molar-refractivity contribution in [1.29, 1.82) is 0 Å². The Morgan fingerprint density at radius 1 is 0.483 bits per heavy atom. The van der Waals surface area contributed by atoms with Gasteiger partial charge < -0.3 is 4.90 Å². The van der Waals surface area contributed by atoms with Crippen molar-refractivity contribution in [3.8, 4) is 33.4 Å². The molecule has 3 aliphatic carbocycles. The van der Waals surface area contributed by atoms with E-state index in [1.165, 1.54) is 131 Å². The highest BCUT2D eigenvalue weighted by Gasteiger charge is 2.39. The van der Waals surface area contributed by atoms with Gasteiger partial charge in [0.15, 0.2) is 0 Å². The zero-order valence-electron chi connectivity index (χ0n) is 36.2. The highest BCUT2D eigenvalue weighted by atomic mass is 32.1. The van der Waals surface area contributed by atoms with Crippen LogP contribution in [-0.4, -0.2) is 0 Å². The van der Waals surface area contributed by atoms with Crippen LogP contribution in [0.5, 0.6) is 0 Å². The zero-order chi connectivity index (χ0) is 41.1. The zero-order valence-corrected chi connectivity index (χ0v) is 37.1. The van der Waals surface area contributed by atoms with Crippen LogP contribution in [0.15, 0.2) is 140 Å². The molecule has 0 unspecified atom stereocenters. The summed E-state index contributed by atoms with van der Waals surface area (Å²) in [6.07, 6.45) is 6.67. The van der Waals surface area contributed by atoms with Gasteiger partial charge in [0.2, 0.25) is 0 Å². The molecule has 1 aromatic heterocycles. The van der Waals surface area contributed by atoms with Crippen molar-refractivity contribution in [2.75, 3.05) is 4.90 Å². The minimum atomic E-state index is -0.145. The number of benzene rings is 7. The topological polar surface area (TPSA) is 3.24 Å². The Bertz CT molecular complexity index is 3010. The summed E-state index contributed by atoms with van der Waals surface area (Å²) < 4.78 is 2.87. The molecule has 0 atom stereocenters. The molecule has 1 saturated carbocycles. The highest BCUT2D eigenvalue weighted by Crippen LogP contribution is 2.55. The maximum Gasteiger partial charge on any atom is 0.0540 e. The Morgan fingerprint density at radius 3 is 1.70 bits per heavy atom. The second kappa shape index (κ2) is 13.5. The van der Waals surface area contributed by atoms with E-state index in [0.29, 0.717) is 5.92 Å². The third-order valence-electron chi connectivity index (χ3n) is 14.6. The first kappa shape index (κ1) is 37.6. The van der Waals surface area contributed by atoms with E-state index in [0.717, 1.165) is 0 Å². The summed E-state index contributed by atoms with van der Waals surface area (Å²) in [6.45, 7) is 16.6. The molecule has 0 bridgehead atoms. The lowest BCUT2D eigenvalue weighted by Gasteiger charge is -2.31. The molecule has 0 amide bonds. The van der Waals surface area contributed by atoms with Gasteiger partial charge in [0.05, 0.1) is 5.69 Å². The summed E-state index contributed by atoms with van der Waals surface area (Å²) in [5.74, 6) is 0.659. The molecule has 0 radical (unpaired) electrons. The van der Waals surface area contributed by atoms with Crippen molar-refractivity contribution in [1.82, 2.24) is 0 Å². The first-order valence-electron chi connectivity index (χ1n) is 22.3. The lowest BCUT2D eigenvalue weighted by molar-refractivity contribution is 0.446. The standard InChI is InChI=1S/C58H55NS/c1-56(2,3)37-27-30-42-44-32-29-39(35-52(44)58(6,7)50(42)33-37)59(38-28-31-43-41-19-11-13-25-49(41)57(4,5)51(43)34-38)53-26-14-12-20-45(53)46-22-16-24-48-47-23-15-21-40(54(47)60-55(46)48)36-17-9-8-10-18-36/h11-16,19-36H,8-10,17-18H2,1-7H3. The third-order valence-corrected chi connectivity index (χ3v) is 15.9. The Hall–Kier alpha value is -5.44. The highest BCUT2D eigenvalue weighted by molar-refractivity contribution is 7.26. The lowest BCUT2D eigenvalue weighted by atomic mass is 9.79. The maximum atomic E-state index is 2.56. The molecule has 8 aromatic rings. The average molecular weight is 798 g/mol. The number of para-hydroxylation sites is 1. The summed E-state index contributed by atoms with van der Waals surface area (Å²) >= 11 is 2.02. The SMILES string of the molecule is CC(C)(C)c1ccc2c(c1)C(C)(C)c1cc(N(c3ccc4c(c3)C(C)(C)c3ccccc3-4)c3ccccc3-c3cccc4c3sc3c(C5CCCCC5)cccc34)ccc1-2. The lowest BCUT2D eigenvalue weighted by Crippen LogP contribution is -2.19. The van der Waals surface area contributed by atoms with E-state index < -0.39 is 0 Å². The quantitative estimate of drug-likeness (QED) is 0.168. The Kier molecular flexibility index (Phi) is 8.47. The van der Waals surface area contributed by atoms with Gasteiger partial charge in [-0.1, -0.05) is 177 Å². The Balaban J connectivity index is 1.12. The predicted molar refractivity (Wildman–Crippen MR) is 259 cm³/mol. The molecule has 1 nitrogen and oxygen atoms in total. The molecular weight excluding hydrogens is 743 g/mol. The van der Waals surface area contributed by atoms with Crippen LogP contribution in [0.4, 0.5) is 17.1 Å². The molecule has 0 saturated heterocycles. The van der Waals surface area contributed by atoms with Gasteiger partial charge in [0.1, 0.15) is 0 Å². The monoisotopic (exact) mass is 797 g/mol. The molecule has 0 spiro atoms. The van der Waals surface area contributed by atoms with Crippen LogP contribution in [0, 0.1) is 0 Å². The number of fused-ring (bicyclic) bond motifs is 9. The van der Waals surface area contributed by atoms with E-state index in [-0.39, 0.29) is 16.2 Å². The van der Waals surface area contributed by atoms with Crippen molar-refractivity contribution in [3.63, 3.8) is 0 Å². The summed E-state index contributed by atoms with van der Waals surface area (Å²) in [4.78, 5) is 2.56. The van der Waals surface area contributed by atoms with Gasteiger partial charge in [-0.3, -0.25) is 0 Å². The van der Waals surface area contributed by atoms with Crippen molar-refractivity contribution in [3.05, 3.63) is 173 Å². The number of anilines is 3. The van der Waals surface area contributed by atoms with Crippen LogP contribution in [0.1, 0.15) is 120 Å². The molecular formula is C58H55NS. The number of hydrogen-bond acceptors (Lipinski definition) is 2. The number of rotatable bonds is 5. The van der Waals surface area contributed by atoms with Gasteiger partial charge in [0, 0.05) is 53.5 Å². The average Bonchev–Trinajstić information content (AvgIpc) is 3.83. The second-order valence-electron chi connectivity index (χ2n) is 20.0. The fraction of sp³-hybridized carbons (Fsp3) is 0.276. The van der Waals surface area contributed by atoms with Gasteiger partial charge in [-0.15, -0.1) is 11.3 Å². The van der Waals surface area contributed by atoms with Gasteiger partial charge in [-0.2, -0.15) is 0 Å². The van der Waals surface area contributed by atoms with Crippen LogP contribution in [0.3, 0.4) is 0 Å². The van der Waals surface area contributed by atoms with Gasteiger partial charge in [-0.25, -0.2) is 0 Å². The minimum absolute atomic E-state index is 0.0846. The van der Waals surface area contributed by atoms with Crippen molar-refractivity contribution < 1.29 is 0 Å². The maximum absolute atomic E-state index is 2.56. The molecule has 2 heteroatoms. The first-order valence-corrected chi connectivity index (χ1v) is 23.1. The van der Waals surface area contributed by atoms with E-state index in [9.17, 15) is 0 Å². The fourth-order valence-electron chi connectivity index (χ4n) is 11.3. The van der Waals surface area contributed by atoms with Crippen molar-refractivity contribution in [2.45, 2.75) is 103 Å². The molecule has 60 heavy (non-hydrogen) atoms. The summed E-state index contributed by atoms with van der Waals surface area (Å²) in [6, 6.07) is 54.0. The van der Waals surface area contributed by atoms with Crippen LogP contribution < -0.4 is 4.90 Å². The van der Waals surface area contributed by atoms with Crippen LogP contribution >= 0.6 is 11.3 Å². The van der Waals surface area contributed by atoms with Gasteiger partial charge >= 0.3 is 0 Å². The summed E-state index contributed by atoms with van der Waals surface area (Å²) in [5, 5.41) is 2.78. The summed E-state index contributed by atoms with van der Waals surface area (Å²) in [5.41, 5.74) is 19.9. The first-order chi connectivity index (χ1) is 28.9. The molecule has 3 aliphatic rings.